The molecule has 0 aliphatic heterocycles. The number of hydrogen-bond acceptors (Lipinski definition) is 1. The Morgan fingerprint density at radius 3 is 2.75 bits per heavy atom. The highest BCUT2D eigenvalue weighted by Gasteiger charge is 2.07. The summed E-state index contributed by atoms with van der Waals surface area (Å²) >= 11 is 0. The Morgan fingerprint density at radius 1 is 1.33 bits per heavy atom. The highest BCUT2D eigenvalue weighted by molar-refractivity contribution is 5.81. The molecule has 0 atom stereocenters. The van der Waals surface area contributed by atoms with Crippen LogP contribution in [0.15, 0.2) is 16.9 Å². The number of aromatic nitrogens is 2. The lowest BCUT2D eigenvalue weighted by Gasteiger charge is -1.93. The Hall–Kier alpha value is -1.58. The number of benzene rings is 1. The number of rotatable bonds is 0. The van der Waals surface area contributed by atoms with Gasteiger partial charge in [0.25, 0.3) is 5.56 Å². The topological polar surface area (TPSA) is 48.6 Å². The number of nitrogens with one attached hydrogen (secondary N) is 2. The van der Waals surface area contributed by atoms with E-state index in [1.165, 1.54) is 6.07 Å². The van der Waals surface area contributed by atoms with Gasteiger partial charge in [-0.15, -0.1) is 0 Å². The van der Waals surface area contributed by atoms with Gasteiger partial charge in [-0.1, -0.05) is 6.07 Å². The summed E-state index contributed by atoms with van der Waals surface area (Å²) in [5, 5.41) is 5.22. The van der Waals surface area contributed by atoms with Gasteiger partial charge in [0.1, 0.15) is 11.3 Å². The van der Waals surface area contributed by atoms with Crippen LogP contribution in [0.3, 0.4) is 0 Å². The van der Waals surface area contributed by atoms with Crippen LogP contribution in [-0.2, 0) is 0 Å². The van der Waals surface area contributed by atoms with Crippen LogP contribution in [0.2, 0.25) is 0 Å². The summed E-state index contributed by atoms with van der Waals surface area (Å²) in [5.74, 6) is -0.408. The van der Waals surface area contributed by atoms with E-state index in [-0.39, 0.29) is 11.1 Å². The molecule has 1 aromatic heterocycles. The molecule has 0 saturated carbocycles. The van der Waals surface area contributed by atoms with Crippen molar-refractivity contribution in [3.8, 4) is 0 Å². The molecule has 2 aromatic rings. The molecule has 0 aliphatic carbocycles. The number of aryl methyl sites for hydroxylation is 1. The van der Waals surface area contributed by atoms with Gasteiger partial charge in [0.2, 0.25) is 0 Å². The summed E-state index contributed by atoms with van der Waals surface area (Å²) in [6.45, 7) is 1.77. The minimum atomic E-state index is -0.408. The summed E-state index contributed by atoms with van der Waals surface area (Å²) in [6, 6.07) is 2.92. The highest BCUT2D eigenvalue weighted by atomic mass is 19.1. The minimum Gasteiger partial charge on any atom is -0.295 e. The van der Waals surface area contributed by atoms with Crippen LogP contribution in [-0.4, -0.2) is 10.2 Å². The maximum Gasteiger partial charge on any atom is 0.272 e. The zero-order chi connectivity index (χ0) is 8.72. The predicted molar refractivity (Wildman–Crippen MR) is 43.6 cm³/mol. The van der Waals surface area contributed by atoms with Gasteiger partial charge >= 0.3 is 0 Å². The Kier molecular flexibility index (Phi) is 1.30. The molecule has 2 N–H and O–H groups in total. The Bertz CT molecular complexity index is 483. The van der Waals surface area contributed by atoms with Crippen molar-refractivity contribution in [2.24, 2.45) is 0 Å². The molecule has 1 heterocycles. The summed E-state index contributed by atoms with van der Waals surface area (Å²) < 4.78 is 13.0. The van der Waals surface area contributed by atoms with Crippen LogP contribution < -0.4 is 5.56 Å². The second kappa shape index (κ2) is 2.20. The van der Waals surface area contributed by atoms with E-state index in [4.69, 9.17) is 0 Å². The van der Waals surface area contributed by atoms with E-state index < -0.39 is 5.82 Å². The summed E-state index contributed by atoms with van der Waals surface area (Å²) in [4.78, 5) is 11.1. The van der Waals surface area contributed by atoms with E-state index in [0.29, 0.717) is 5.39 Å². The number of H-pyrrole nitrogens is 2. The smallest absolute Gasteiger partial charge is 0.272 e. The van der Waals surface area contributed by atoms with Crippen LogP contribution in [0.25, 0.3) is 10.9 Å². The van der Waals surface area contributed by atoms with E-state index in [2.05, 4.69) is 10.2 Å². The standard InChI is InChI=1S/C8H7FN2O/c1-4-2-3-5(9)7-6(4)8(12)11-10-7/h2-3H,1H3,(H2,10,11,12). The van der Waals surface area contributed by atoms with Crippen LogP contribution in [0.1, 0.15) is 5.56 Å². The van der Waals surface area contributed by atoms with E-state index in [1.54, 1.807) is 13.0 Å². The lowest BCUT2D eigenvalue weighted by molar-refractivity contribution is 0.636. The minimum absolute atomic E-state index is 0.250. The molecule has 1 aromatic carbocycles. The molecule has 0 spiro atoms. The van der Waals surface area contributed by atoms with Crippen molar-refractivity contribution in [2.45, 2.75) is 6.92 Å². The first kappa shape index (κ1) is 7.09. The van der Waals surface area contributed by atoms with Crippen molar-refractivity contribution in [3.05, 3.63) is 33.9 Å². The van der Waals surface area contributed by atoms with E-state index >= 15 is 0 Å². The summed E-state index contributed by atoms with van der Waals surface area (Å²) in [6.07, 6.45) is 0. The average molecular weight is 166 g/mol. The fourth-order valence-corrected chi connectivity index (χ4v) is 1.28. The quantitative estimate of drug-likeness (QED) is 0.609. The molecule has 0 saturated heterocycles. The van der Waals surface area contributed by atoms with Crippen LogP contribution in [0.5, 0.6) is 0 Å². The SMILES string of the molecule is Cc1ccc(F)c2[nH][nH]c(=O)c12. The van der Waals surface area contributed by atoms with Crippen molar-refractivity contribution in [1.29, 1.82) is 0 Å². The Morgan fingerprint density at radius 2 is 2.08 bits per heavy atom. The average Bonchev–Trinajstić information content (AvgIpc) is 2.42. The summed E-state index contributed by atoms with van der Waals surface area (Å²) in [7, 11) is 0. The lowest BCUT2D eigenvalue weighted by atomic mass is 10.1. The fourth-order valence-electron chi connectivity index (χ4n) is 1.28. The van der Waals surface area contributed by atoms with Gasteiger partial charge in [-0.3, -0.25) is 15.0 Å². The number of fused-ring (bicyclic) bond motifs is 1. The number of aromatic amines is 2. The fraction of sp³-hybridized carbons (Fsp3) is 0.125. The van der Waals surface area contributed by atoms with Gasteiger partial charge < -0.3 is 0 Å². The third-order valence-corrected chi connectivity index (χ3v) is 1.89. The molecule has 0 unspecified atom stereocenters. The van der Waals surface area contributed by atoms with Crippen molar-refractivity contribution in [3.63, 3.8) is 0 Å². The van der Waals surface area contributed by atoms with E-state index in [9.17, 15) is 9.18 Å². The van der Waals surface area contributed by atoms with Crippen LogP contribution in [0.4, 0.5) is 4.39 Å². The third-order valence-electron chi connectivity index (χ3n) is 1.89. The van der Waals surface area contributed by atoms with Crippen molar-refractivity contribution in [1.82, 2.24) is 10.2 Å². The van der Waals surface area contributed by atoms with E-state index in [0.717, 1.165) is 5.56 Å². The zero-order valence-electron chi connectivity index (χ0n) is 6.44. The molecular formula is C8H7FN2O. The molecule has 12 heavy (non-hydrogen) atoms. The van der Waals surface area contributed by atoms with Gasteiger partial charge in [0, 0.05) is 0 Å². The molecule has 4 heteroatoms. The van der Waals surface area contributed by atoms with Gasteiger partial charge in [-0.05, 0) is 18.6 Å². The lowest BCUT2D eigenvalue weighted by Crippen LogP contribution is -1.99. The maximum absolute atomic E-state index is 13.0. The third kappa shape index (κ3) is 0.777. The number of hydrogen-bond donors (Lipinski definition) is 2. The van der Waals surface area contributed by atoms with Crippen molar-refractivity contribution >= 4 is 10.9 Å². The maximum atomic E-state index is 13.0. The first-order chi connectivity index (χ1) is 5.70. The molecule has 0 radical (unpaired) electrons. The highest BCUT2D eigenvalue weighted by Crippen LogP contribution is 2.14. The predicted octanol–water partition coefficient (Wildman–Crippen LogP) is 1.30. The van der Waals surface area contributed by atoms with E-state index in [1.807, 2.05) is 0 Å². The molecule has 62 valence electrons. The molecule has 0 amide bonds. The first-order valence-corrected chi connectivity index (χ1v) is 3.55. The van der Waals surface area contributed by atoms with Gasteiger partial charge in [-0.2, -0.15) is 0 Å². The molecule has 0 fully saturated rings. The van der Waals surface area contributed by atoms with Gasteiger partial charge in [-0.25, -0.2) is 4.39 Å². The van der Waals surface area contributed by atoms with Crippen molar-refractivity contribution in [2.75, 3.05) is 0 Å². The molecule has 3 nitrogen and oxygen atoms in total. The number of halogens is 1. The second-order valence-corrected chi connectivity index (χ2v) is 2.69. The second-order valence-electron chi connectivity index (χ2n) is 2.69. The molecule has 0 bridgehead atoms. The van der Waals surface area contributed by atoms with Gasteiger partial charge in [0.05, 0.1) is 5.39 Å². The Balaban J connectivity index is 3.09. The monoisotopic (exact) mass is 166 g/mol. The summed E-state index contributed by atoms with van der Waals surface area (Å²) in [5.41, 5.74) is 0.746. The molecular weight excluding hydrogens is 159 g/mol. The molecule has 0 aliphatic rings. The molecule has 2 rings (SSSR count). The van der Waals surface area contributed by atoms with Crippen LogP contribution >= 0.6 is 0 Å². The largest absolute Gasteiger partial charge is 0.295 e. The Labute approximate surface area is 67.2 Å². The van der Waals surface area contributed by atoms with Crippen molar-refractivity contribution < 1.29 is 4.39 Å². The van der Waals surface area contributed by atoms with Crippen LogP contribution in [0, 0.1) is 12.7 Å². The normalized spacial score (nSPS) is 10.8. The first-order valence-electron chi connectivity index (χ1n) is 3.55. The van der Waals surface area contributed by atoms with Gasteiger partial charge in [0.15, 0.2) is 0 Å². The zero-order valence-corrected chi connectivity index (χ0v) is 6.44.